The van der Waals surface area contributed by atoms with E-state index in [-0.39, 0.29) is 0 Å². The van der Waals surface area contributed by atoms with Gasteiger partial charge in [-0.25, -0.2) is 4.98 Å². The van der Waals surface area contributed by atoms with E-state index in [0.717, 1.165) is 22.6 Å². The number of nitrogens with zero attached hydrogens (tertiary/aromatic N) is 3. The average Bonchev–Trinajstić information content (AvgIpc) is 2.48. The molecule has 0 aromatic carbocycles. The van der Waals surface area contributed by atoms with Crippen LogP contribution < -0.4 is 5.73 Å². The summed E-state index contributed by atoms with van der Waals surface area (Å²) in [5.74, 6) is 0.494. The van der Waals surface area contributed by atoms with Crippen LogP contribution in [0.5, 0.6) is 0 Å². The lowest BCUT2D eigenvalue weighted by molar-refractivity contribution is 1.23. The Morgan fingerprint density at radius 1 is 0.737 bits per heavy atom. The Kier molecular flexibility index (Phi) is 2.90. The molecule has 2 N–H and O–H groups in total. The van der Waals surface area contributed by atoms with Crippen molar-refractivity contribution in [3.63, 3.8) is 0 Å². The quantitative estimate of drug-likeness (QED) is 0.757. The van der Waals surface area contributed by atoms with Gasteiger partial charge in [0.25, 0.3) is 0 Å². The van der Waals surface area contributed by atoms with E-state index in [1.54, 1.807) is 18.5 Å². The van der Waals surface area contributed by atoms with Crippen molar-refractivity contribution in [2.75, 3.05) is 5.73 Å². The number of nitrogen functional groups attached to an aromatic ring is 1. The normalized spacial score (nSPS) is 10.3. The van der Waals surface area contributed by atoms with Crippen molar-refractivity contribution in [1.29, 1.82) is 0 Å². The molecule has 3 aromatic heterocycles. The number of anilines is 1. The van der Waals surface area contributed by atoms with Gasteiger partial charge in [-0.3, -0.25) is 9.97 Å². The molecule has 0 bridgehead atoms. The molecule has 4 nitrogen and oxygen atoms in total. The zero-order chi connectivity index (χ0) is 13.1. The molecule has 0 aliphatic rings. The third-order valence-corrected chi connectivity index (χ3v) is 2.76. The first-order valence-electron chi connectivity index (χ1n) is 5.94. The van der Waals surface area contributed by atoms with E-state index in [0.29, 0.717) is 5.82 Å². The lowest BCUT2D eigenvalue weighted by Gasteiger charge is -2.07. The standard InChI is InChI=1S/C15H12N4/c16-14-8-3-7-12(19-14)11-5-4-10-18-15(11)13-6-1-2-9-17-13/h1-10H,(H2,16,19). The van der Waals surface area contributed by atoms with Crippen LogP contribution in [0.1, 0.15) is 0 Å². The second-order valence-corrected chi connectivity index (χ2v) is 4.06. The summed E-state index contributed by atoms with van der Waals surface area (Å²) < 4.78 is 0. The molecule has 3 rings (SSSR count). The smallest absolute Gasteiger partial charge is 0.124 e. The fourth-order valence-corrected chi connectivity index (χ4v) is 1.92. The largest absolute Gasteiger partial charge is 0.384 e. The van der Waals surface area contributed by atoms with Crippen LogP contribution in [-0.2, 0) is 0 Å². The minimum Gasteiger partial charge on any atom is -0.384 e. The van der Waals surface area contributed by atoms with E-state index in [4.69, 9.17) is 5.73 Å². The molecule has 0 atom stereocenters. The van der Waals surface area contributed by atoms with E-state index in [9.17, 15) is 0 Å². The van der Waals surface area contributed by atoms with Crippen molar-refractivity contribution in [1.82, 2.24) is 15.0 Å². The molecule has 92 valence electrons. The summed E-state index contributed by atoms with van der Waals surface area (Å²) in [6.07, 6.45) is 3.50. The van der Waals surface area contributed by atoms with Gasteiger partial charge in [0.2, 0.25) is 0 Å². The molecule has 0 radical (unpaired) electrons. The molecule has 0 aliphatic carbocycles. The Hall–Kier alpha value is -2.75. The predicted molar refractivity (Wildman–Crippen MR) is 75.1 cm³/mol. The van der Waals surface area contributed by atoms with Crippen LogP contribution in [0.2, 0.25) is 0 Å². The molecule has 3 heterocycles. The van der Waals surface area contributed by atoms with Crippen LogP contribution in [0.4, 0.5) is 5.82 Å². The van der Waals surface area contributed by atoms with Gasteiger partial charge in [0.1, 0.15) is 5.82 Å². The van der Waals surface area contributed by atoms with Gasteiger partial charge in [0, 0.05) is 18.0 Å². The molecule has 0 fully saturated rings. The minimum absolute atomic E-state index is 0.494. The highest BCUT2D eigenvalue weighted by molar-refractivity contribution is 5.77. The number of nitrogens with two attached hydrogens (primary N) is 1. The molecule has 0 saturated heterocycles. The van der Waals surface area contributed by atoms with Gasteiger partial charge >= 0.3 is 0 Å². The number of aromatic nitrogens is 3. The Balaban J connectivity index is 2.18. The van der Waals surface area contributed by atoms with E-state index >= 15 is 0 Å². The van der Waals surface area contributed by atoms with Crippen molar-refractivity contribution in [2.45, 2.75) is 0 Å². The van der Waals surface area contributed by atoms with Gasteiger partial charge in [-0.05, 0) is 36.4 Å². The molecule has 0 unspecified atom stereocenters. The minimum atomic E-state index is 0.494. The zero-order valence-corrected chi connectivity index (χ0v) is 10.2. The molecule has 0 spiro atoms. The zero-order valence-electron chi connectivity index (χ0n) is 10.2. The van der Waals surface area contributed by atoms with Crippen molar-refractivity contribution in [2.24, 2.45) is 0 Å². The van der Waals surface area contributed by atoms with Gasteiger partial charge < -0.3 is 5.73 Å². The molecule has 0 aliphatic heterocycles. The van der Waals surface area contributed by atoms with Crippen molar-refractivity contribution < 1.29 is 0 Å². The summed E-state index contributed by atoms with van der Waals surface area (Å²) in [7, 11) is 0. The number of pyridine rings is 3. The summed E-state index contributed by atoms with van der Waals surface area (Å²) in [4.78, 5) is 13.1. The Bertz CT molecular complexity index is 695. The second-order valence-electron chi connectivity index (χ2n) is 4.06. The molecule has 3 aromatic rings. The summed E-state index contributed by atoms with van der Waals surface area (Å²) in [6.45, 7) is 0. The van der Waals surface area contributed by atoms with Gasteiger partial charge in [-0.2, -0.15) is 0 Å². The summed E-state index contributed by atoms with van der Waals surface area (Å²) in [6, 6.07) is 15.2. The highest BCUT2D eigenvalue weighted by Gasteiger charge is 2.10. The molecular weight excluding hydrogens is 236 g/mol. The Morgan fingerprint density at radius 3 is 2.37 bits per heavy atom. The molecular formula is C15H12N4. The number of hydrogen-bond acceptors (Lipinski definition) is 4. The fourth-order valence-electron chi connectivity index (χ4n) is 1.92. The van der Waals surface area contributed by atoms with Crippen LogP contribution in [0.3, 0.4) is 0 Å². The maximum Gasteiger partial charge on any atom is 0.124 e. The van der Waals surface area contributed by atoms with Gasteiger partial charge in [-0.1, -0.05) is 12.1 Å². The highest BCUT2D eigenvalue weighted by atomic mass is 14.8. The number of rotatable bonds is 2. The molecule has 0 saturated carbocycles. The van der Waals surface area contributed by atoms with Crippen molar-refractivity contribution in [3.8, 4) is 22.6 Å². The van der Waals surface area contributed by atoms with Crippen LogP contribution >= 0.6 is 0 Å². The van der Waals surface area contributed by atoms with Crippen LogP contribution in [0.25, 0.3) is 22.6 Å². The molecule has 4 heteroatoms. The van der Waals surface area contributed by atoms with E-state index in [1.807, 2.05) is 42.5 Å². The van der Waals surface area contributed by atoms with Gasteiger partial charge in [-0.15, -0.1) is 0 Å². The first-order chi connectivity index (χ1) is 9.34. The summed E-state index contributed by atoms with van der Waals surface area (Å²) in [5, 5.41) is 0. The van der Waals surface area contributed by atoms with Crippen molar-refractivity contribution >= 4 is 5.82 Å². The third kappa shape index (κ3) is 2.28. The lowest BCUT2D eigenvalue weighted by atomic mass is 10.1. The van der Waals surface area contributed by atoms with Gasteiger partial charge in [0.15, 0.2) is 0 Å². The lowest BCUT2D eigenvalue weighted by Crippen LogP contribution is -1.95. The van der Waals surface area contributed by atoms with E-state index in [2.05, 4.69) is 15.0 Å². The van der Waals surface area contributed by atoms with Crippen LogP contribution in [0.15, 0.2) is 60.9 Å². The first kappa shape index (κ1) is 11.3. The fraction of sp³-hybridized carbons (Fsp3) is 0. The van der Waals surface area contributed by atoms with Crippen molar-refractivity contribution in [3.05, 3.63) is 60.9 Å². The average molecular weight is 248 g/mol. The second kappa shape index (κ2) is 4.86. The summed E-state index contributed by atoms with van der Waals surface area (Å²) in [5.41, 5.74) is 9.09. The maximum atomic E-state index is 5.74. The van der Waals surface area contributed by atoms with Crippen LogP contribution in [0, 0.1) is 0 Å². The SMILES string of the molecule is Nc1cccc(-c2cccnc2-c2ccccn2)n1. The third-order valence-electron chi connectivity index (χ3n) is 2.76. The molecule has 0 amide bonds. The Labute approximate surface area is 111 Å². The van der Waals surface area contributed by atoms with Gasteiger partial charge in [0.05, 0.1) is 17.1 Å². The number of hydrogen-bond donors (Lipinski definition) is 1. The van der Waals surface area contributed by atoms with Crippen LogP contribution in [-0.4, -0.2) is 15.0 Å². The highest BCUT2D eigenvalue weighted by Crippen LogP contribution is 2.27. The Morgan fingerprint density at radius 2 is 1.58 bits per heavy atom. The van der Waals surface area contributed by atoms with E-state index in [1.165, 1.54) is 0 Å². The van der Waals surface area contributed by atoms with E-state index < -0.39 is 0 Å². The summed E-state index contributed by atoms with van der Waals surface area (Å²) >= 11 is 0. The first-order valence-corrected chi connectivity index (χ1v) is 5.94. The predicted octanol–water partition coefficient (Wildman–Crippen LogP) is 2.79. The monoisotopic (exact) mass is 248 g/mol. The maximum absolute atomic E-state index is 5.74. The topological polar surface area (TPSA) is 64.7 Å². The molecule has 19 heavy (non-hydrogen) atoms.